The van der Waals surface area contributed by atoms with Crippen LogP contribution in [0.5, 0.6) is 0 Å². The highest BCUT2D eigenvalue weighted by atomic mass is 32.2. The van der Waals surface area contributed by atoms with Crippen molar-refractivity contribution in [2.45, 2.75) is 24.2 Å². The van der Waals surface area contributed by atoms with E-state index in [-0.39, 0.29) is 11.4 Å². The van der Waals surface area contributed by atoms with Gasteiger partial charge in [0.1, 0.15) is 0 Å². The minimum Gasteiger partial charge on any atom is -0.481 e. The standard InChI is InChI=1S/C19H22N2O5S/c1-19(2,18(23)24)14-9-11-15(12-10-14)20-17(22)13-21(3)27(25,26)16-7-5-4-6-8-16/h4-12H,13H2,1-3H3,(H,20,22)(H,23,24). The normalized spacial score (nSPS) is 12.0. The van der Waals surface area contributed by atoms with Gasteiger partial charge in [0.2, 0.25) is 15.9 Å². The van der Waals surface area contributed by atoms with E-state index >= 15 is 0 Å². The van der Waals surface area contributed by atoms with Gasteiger partial charge in [-0.05, 0) is 43.7 Å². The smallest absolute Gasteiger partial charge is 0.313 e. The summed E-state index contributed by atoms with van der Waals surface area (Å²) in [5.41, 5.74) is -0.000737. The number of sulfonamides is 1. The Morgan fingerprint density at radius 1 is 1.04 bits per heavy atom. The number of nitrogens with one attached hydrogen (secondary N) is 1. The molecule has 1 amide bonds. The maximum Gasteiger partial charge on any atom is 0.313 e. The van der Waals surface area contributed by atoms with Crippen molar-refractivity contribution < 1.29 is 23.1 Å². The Morgan fingerprint density at radius 2 is 1.59 bits per heavy atom. The van der Waals surface area contributed by atoms with Crippen LogP contribution in [-0.2, 0) is 25.0 Å². The number of amides is 1. The molecule has 0 bridgehead atoms. The Kier molecular flexibility index (Phi) is 6.02. The molecule has 0 atom stereocenters. The van der Waals surface area contributed by atoms with Crippen LogP contribution in [0.25, 0.3) is 0 Å². The van der Waals surface area contributed by atoms with Gasteiger partial charge in [-0.15, -0.1) is 0 Å². The van der Waals surface area contributed by atoms with Gasteiger partial charge in [0.25, 0.3) is 0 Å². The number of rotatable bonds is 7. The van der Waals surface area contributed by atoms with E-state index in [1.165, 1.54) is 19.2 Å². The number of nitrogens with zero attached hydrogens (tertiary/aromatic N) is 1. The Bertz CT molecular complexity index is 922. The average Bonchev–Trinajstić information content (AvgIpc) is 2.62. The molecule has 0 heterocycles. The summed E-state index contributed by atoms with van der Waals surface area (Å²) < 4.78 is 25.8. The van der Waals surface area contributed by atoms with E-state index in [1.807, 2.05) is 0 Å². The van der Waals surface area contributed by atoms with E-state index in [0.29, 0.717) is 11.3 Å². The third-order valence-electron chi connectivity index (χ3n) is 4.24. The first kappa shape index (κ1) is 20.6. The van der Waals surface area contributed by atoms with Crippen LogP contribution in [0.4, 0.5) is 5.69 Å². The molecule has 0 saturated heterocycles. The molecule has 0 unspecified atom stereocenters. The Morgan fingerprint density at radius 3 is 2.11 bits per heavy atom. The van der Waals surface area contributed by atoms with Crippen LogP contribution in [0, 0.1) is 0 Å². The molecule has 0 aliphatic carbocycles. The van der Waals surface area contributed by atoms with Gasteiger partial charge in [-0.1, -0.05) is 30.3 Å². The van der Waals surface area contributed by atoms with E-state index < -0.39 is 27.3 Å². The van der Waals surface area contributed by atoms with Crippen LogP contribution in [-0.4, -0.2) is 43.3 Å². The molecule has 0 fully saturated rings. The third kappa shape index (κ3) is 4.72. The van der Waals surface area contributed by atoms with Gasteiger partial charge in [0.05, 0.1) is 16.9 Å². The Hall–Kier alpha value is -2.71. The zero-order valence-corrected chi connectivity index (χ0v) is 16.2. The van der Waals surface area contributed by atoms with Crippen molar-refractivity contribution in [3.8, 4) is 0 Å². The number of carboxylic acids is 1. The summed E-state index contributed by atoms with van der Waals surface area (Å²) in [5.74, 6) is -1.45. The van der Waals surface area contributed by atoms with Crippen molar-refractivity contribution in [3.05, 3.63) is 60.2 Å². The van der Waals surface area contributed by atoms with E-state index in [1.54, 1.807) is 56.3 Å². The quantitative estimate of drug-likeness (QED) is 0.755. The maximum absolute atomic E-state index is 12.4. The van der Waals surface area contributed by atoms with E-state index in [2.05, 4.69) is 5.32 Å². The van der Waals surface area contributed by atoms with Crippen LogP contribution >= 0.6 is 0 Å². The van der Waals surface area contributed by atoms with Crippen molar-refractivity contribution in [1.29, 1.82) is 0 Å². The molecule has 0 aliphatic heterocycles. The number of aliphatic carboxylic acids is 1. The fraction of sp³-hybridized carbons (Fsp3) is 0.263. The molecule has 0 spiro atoms. The van der Waals surface area contributed by atoms with Gasteiger partial charge >= 0.3 is 5.97 Å². The highest BCUT2D eigenvalue weighted by Crippen LogP contribution is 2.24. The second-order valence-corrected chi connectivity index (χ2v) is 8.67. The van der Waals surface area contributed by atoms with Gasteiger partial charge in [-0.3, -0.25) is 9.59 Å². The zero-order chi connectivity index (χ0) is 20.2. The van der Waals surface area contributed by atoms with Crippen LogP contribution < -0.4 is 5.32 Å². The zero-order valence-electron chi connectivity index (χ0n) is 15.3. The summed E-state index contributed by atoms with van der Waals surface area (Å²) in [6.07, 6.45) is 0. The topological polar surface area (TPSA) is 104 Å². The van der Waals surface area contributed by atoms with Crippen LogP contribution in [0.1, 0.15) is 19.4 Å². The number of anilines is 1. The Labute approximate surface area is 158 Å². The second-order valence-electron chi connectivity index (χ2n) is 6.63. The summed E-state index contributed by atoms with van der Waals surface area (Å²) in [5, 5.41) is 11.9. The molecule has 2 N–H and O–H groups in total. The molecule has 0 radical (unpaired) electrons. The molecule has 0 saturated carbocycles. The first-order chi connectivity index (χ1) is 12.5. The first-order valence-electron chi connectivity index (χ1n) is 8.20. The molecule has 144 valence electrons. The van der Waals surface area contributed by atoms with E-state index in [4.69, 9.17) is 0 Å². The molecule has 8 heteroatoms. The summed E-state index contributed by atoms with van der Waals surface area (Å²) in [6.45, 7) is 2.83. The molecule has 0 aromatic heterocycles. The lowest BCUT2D eigenvalue weighted by Crippen LogP contribution is -2.35. The van der Waals surface area contributed by atoms with Gasteiger partial charge < -0.3 is 10.4 Å². The van der Waals surface area contributed by atoms with Crippen molar-refractivity contribution in [3.63, 3.8) is 0 Å². The number of carboxylic acid groups (broad SMARTS) is 1. The summed E-state index contributed by atoms with van der Waals surface area (Å²) in [7, 11) is -2.42. The fourth-order valence-electron chi connectivity index (χ4n) is 2.35. The highest BCUT2D eigenvalue weighted by Gasteiger charge is 2.29. The van der Waals surface area contributed by atoms with Crippen molar-refractivity contribution in [1.82, 2.24) is 4.31 Å². The maximum atomic E-state index is 12.4. The van der Waals surface area contributed by atoms with Crippen molar-refractivity contribution >= 4 is 27.6 Å². The van der Waals surface area contributed by atoms with Gasteiger partial charge in [-0.25, -0.2) is 8.42 Å². The van der Waals surface area contributed by atoms with Gasteiger partial charge in [0, 0.05) is 12.7 Å². The molecule has 2 rings (SSSR count). The van der Waals surface area contributed by atoms with E-state index in [0.717, 1.165) is 4.31 Å². The lowest BCUT2D eigenvalue weighted by molar-refractivity contribution is -0.142. The molecular formula is C19H22N2O5S. The minimum atomic E-state index is -3.75. The SMILES string of the molecule is CN(CC(=O)Nc1ccc(C(C)(C)C(=O)O)cc1)S(=O)(=O)c1ccccc1. The number of likely N-dealkylation sites (N-methyl/N-ethyl adjacent to an activating group) is 1. The minimum absolute atomic E-state index is 0.112. The molecule has 0 aliphatic rings. The number of benzene rings is 2. The van der Waals surface area contributed by atoms with Crippen LogP contribution in [0.2, 0.25) is 0 Å². The van der Waals surface area contributed by atoms with Crippen LogP contribution in [0.3, 0.4) is 0 Å². The highest BCUT2D eigenvalue weighted by molar-refractivity contribution is 7.89. The monoisotopic (exact) mass is 390 g/mol. The molecule has 27 heavy (non-hydrogen) atoms. The molecule has 2 aromatic rings. The number of carbonyl (C=O) groups is 2. The van der Waals surface area contributed by atoms with Crippen LogP contribution in [0.15, 0.2) is 59.5 Å². The van der Waals surface area contributed by atoms with Crippen molar-refractivity contribution in [2.75, 3.05) is 18.9 Å². The largest absolute Gasteiger partial charge is 0.481 e. The Balaban J connectivity index is 2.04. The number of hydrogen-bond donors (Lipinski definition) is 2. The third-order valence-corrected chi connectivity index (χ3v) is 6.06. The number of carbonyl (C=O) groups excluding carboxylic acids is 1. The first-order valence-corrected chi connectivity index (χ1v) is 9.64. The molecule has 7 nitrogen and oxygen atoms in total. The van der Waals surface area contributed by atoms with E-state index in [9.17, 15) is 23.1 Å². The predicted molar refractivity (Wildman–Crippen MR) is 102 cm³/mol. The van der Waals surface area contributed by atoms with Crippen molar-refractivity contribution in [2.24, 2.45) is 0 Å². The summed E-state index contributed by atoms with van der Waals surface area (Å²) >= 11 is 0. The second kappa shape index (κ2) is 7.89. The predicted octanol–water partition coefficient (Wildman–Crippen LogP) is 2.31. The summed E-state index contributed by atoms with van der Waals surface area (Å²) in [6, 6.07) is 14.3. The van der Waals surface area contributed by atoms with Gasteiger partial charge in [-0.2, -0.15) is 4.31 Å². The lowest BCUT2D eigenvalue weighted by atomic mass is 9.85. The average molecular weight is 390 g/mol. The fourth-order valence-corrected chi connectivity index (χ4v) is 3.50. The number of hydrogen-bond acceptors (Lipinski definition) is 4. The lowest BCUT2D eigenvalue weighted by Gasteiger charge is -2.20. The molecular weight excluding hydrogens is 368 g/mol. The molecule has 2 aromatic carbocycles. The van der Waals surface area contributed by atoms with Gasteiger partial charge in [0.15, 0.2) is 0 Å². The summed E-state index contributed by atoms with van der Waals surface area (Å²) in [4.78, 5) is 23.6.